The van der Waals surface area contributed by atoms with Crippen LogP contribution in [0, 0.1) is 6.92 Å². The summed E-state index contributed by atoms with van der Waals surface area (Å²) in [6.07, 6.45) is 4.01. The third-order valence-corrected chi connectivity index (χ3v) is 5.42. The molecular formula is C21H21ClN4O3. The summed E-state index contributed by atoms with van der Waals surface area (Å²) in [6.45, 7) is 2.83. The van der Waals surface area contributed by atoms with Gasteiger partial charge in [0.25, 0.3) is 5.91 Å². The largest absolute Gasteiger partial charge is 0.445 e. The highest BCUT2D eigenvalue weighted by Crippen LogP contribution is 2.28. The summed E-state index contributed by atoms with van der Waals surface area (Å²) in [5.74, 6) is 1.13. The molecule has 0 unspecified atom stereocenters. The number of hydrogen-bond acceptors (Lipinski definition) is 5. The van der Waals surface area contributed by atoms with E-state index in [1.807, 2.05) is 24.3 Å². The number of H-pyrrole nitrogens is 1. The van der Waals surface area contributed by atoms with Gasteiger partial charge in [-0.05, 0) is 37.5 Å². The molecule has 1 N–H and O–H groups in total. The molecule has 0 saturated carbocycles. The van der Waals surface area contributed by atoms with Crippen LogP contribution in [0.2, 0.25) is 5.02 Å². The predicted octanol–water partition coefficient (Wildman–Crippen LogP) is 3.33. The van der Waals surface area contributed by atoms with Gasteiger partial charge in [0.1, 0.15) is 11.5 Å². The summed E-state index contributed by atoms with van der Waals surface area (Å²) in [4.78, 5) is 36.9. The lowest BCUT2D eigenvalue weighted by Gasteiger charge is -2.31. The third kappa shape index (κ3) is 4.40. The fourth-order valence-corrected chi connectivity index (χ4v) is 3.84. The Morgan fingerprint density at radius 2 is 2.21 bits per heavy atom. The minimum atomic E-state index is -0.515. The number of likely N-dealkylation sites (tertiary alicyclic amines) is 1. The molecule has 0 radical (unpaired) electrons. The van der Waals surface area contributed by atoms with Crippen molar-refractivity contribution in [3.8, 4) is 0 Å². The van der Waals surface area contributed by atoms with Gasteiger partial charge >= 0.3 is 5.69 Å². The first-order valence-corrected chi connectivity index (χ1v) is 9.92. The minimum Gasteiger partial charge on any atom is -0.445 e. The Balaban J connectivity index is 1.47. The normalized spacial score (nSPS) is 16.8. The number of amides is 1. The van der Waals surface area contributed by atoms with Crippen molar-refractivity contribution in [1.29, 1.82) is 0 Å². The van der Waals surface area contributed by atoms with Crippen LogP contribution in [0.15, 0.2) is 45.7 Å². The van der Waals surface area contributed by atoms with E-state index >= 15 is 0 Å². The van der Waals surface area contributed by atoms with Gasteiger partial charge < -0.3 is 14.3 Å². The zero-order chi connectivity index (χ0) is 20.4. The lowest BCUT2D eigenvalue weighted by molar-refractivity contribution is 0.0691. The zero-order valence-electron chi connectivity index (χ0n) is 16.0. The van der Waals surface area contributed by atoms with Crippen LogP contribution in [0.4, 0.5) is 0 Å². The lowest BCUT2D eigenvalue weighted by Crippen LogP contribution is -2.40. The van der Waals surface area contributed by atoms with Crippen LogP contribution in [-0.2, 0) is 6.42 Å². The number of hydrogen-bond donors (Lipinski definition) is 1. The van der Waals surface area contributed by atoms with Crippen molar-refractivity contribution in [1.82, 2.24) is 19.9 Å². The Kier molecular flexibility index (Phi) is 5.49. The van der Waals surface area contributed by atoms with E-state index in [1.165, 1.54) is 0 Å². The van der Waals surface area contributed by atoms with Crippen molar-refractivity contribution in [2.24, 2.45) is 0 Å². The van der Waals surface area contributed by atoms with Gasteiger partial charge in [0, 0.05) is 30.2 Å². The highest BCUT2D eigenvalue weighted by atomic mass is 35.5. The number of nitrogens with one attached hydrogen (secondary N) is 1. The summed E-state index contributed by atoms with van der Waals surface area (Å²) < 4.78 is 5.98. The van der Waals surface area contributed by atoms with E-state index < -0.39 is 5.69 Å². The van der Waals surface area contributed by atoms with Gasteiger partial charge in [0.2, 0.25) is 0 Å². The quantitative estimate of drug-likeness (QED) is 0.709. The van der Waals surface area contributed by atoms with E-state index in [2.05, 4.69) is 15.0 Å². The standard InChI is InChI=1S/C21H21ClN4O3/c1-13-9-18(25-21(28)24-13)20(27)26-8-4-6-15(12-26)19-23-11-16(29-19)10-14-5-2-3-7-17(14)22/h2-3,5,7,9,11,15H,4,6,8,10,12H2,1H3,(H,24,25,28)/t15-/m0/s1. The van der Waals surface area contributed by atoms with Crippen molar-refractivity contribution in [2.75, 3.05) is 13.1 Å². The molecule has 0 spiro atoms. The molecule has 3 heterocycles. The van der Waals surface area contributed by atoms with Crippen LogP contribution in [0.3, 0.4) is 0 Å². The topological polar surface area (TPSA) is 92.1 Å². The van der Waals surface area contributed by atoms with Crippen LogP contribution >= 0.6 is 11.6 Å². The number of oxazole rings is 1. The Morgan fingerprint density at radius 1 is 1.38 bits per heavy atom. The van der Waals surface area contributed by atoms with Gasteiger partial charge in [0.15, 0.2) is 5.89 Å². The molecular weight excluding hydrogens is 392 g/mol. The fraction of sp³-hybridized carbons (Fsp3) is 0.333. The number of piperidine rings is 1. The molecule has 0 aliphatic carbocycles. The fourth-order valence-electron chi connectivity index (χ4n) is 3.64. The third-order valence-electron chi connectivity index (χ3n) is 5.05. The molecule has 1 aliphatic rings. The predicted molar refractivity (Wildman–Crippen MR) is 108 cm³/mol. The Hall–Kier alpha value is -2.93. The number of aryl methyl sites for hydroxylation is 1. The molecule has 1 amide bonds. The number of aromatic amines is 1. The molecule has 1 atom stereocenters. The molecule has 1 fully saturated rings. The molecule has 1 aromatic carbocycles. The summed E-state index contributed by atoms with van der Waals surface area (Å²) in [6, 6.07) is 9.24. The smallest absolute Gasteiger partial charge is 0.345 e. The molecule has 1 saturated heterocycles. The van der Waals surface area contributed by atoms with Gasteiger partial charge in [-0.25, -0.2) is 9.78 Å². The average molecular weight is 413 g/mol. The summed E-state index contributed by atoms with van der Waals surface area (Å²) in [7, 11) is 0. The molecule has 3 aromatic rings. The van der Waals surface area contributed by atoms with E-state index in [-0.39, 0.29) is 17.5 Å². The summed E-state index contributed by atoms with van der Waals surface area (Å²) in [5, 5.41) is 0.695. The lowest BCUT2D eigenvalue weighted by atomic mass is 9.97. The minimum absolute atomic E-state index is 0.00999. The summed E-state index contributed by atoms with van der Waals surface area (Å²) in [5.41, 5.74) is 1.24. The Morgan fingerprint density at radius 3 is 3.00 bits per heavy atom. The maximum absolute atomic E-state index is 12.8. The molecule has 8 heteroatoms. The summed E-state index contributed by atoms with van der Waals surface area (Å²) >= 11 is 6.23. The SMILES string of the molecule is Cc1cc(C(=O)N2CCC[C@H](c3ncc(Cc4ccccc4Cl)o3)C2)nc(=O)[nH]1. The van der Waals surface area contributed by atoms with Crippen molar-refractivity contribution in [3.63, 3.8) is 0 Å². The Bertz CT molecular complexity index is 1090. The van der Waals surface area contributed by atoms with E-state index in [0.717, 1.165) is 24.2 Å². The first-order valence-electron chi connectivity index (χ1n) is 9.55. The maximum atomic E-state index is 12.8. The van der Waals surface area contributed by atoms with Crippen LogP contribution in [0.25, 0.3) is 0 Å². The first-order chi connectivity index (χ1) is 14.0. The number of carbonyl (C=O) groups excluding carboxylic acids is 1. The van der Waals surface area contributed by atoms with Crippen molar-refractivity contribution in [3.05, 3.63) is 80.6 Å². The number of nitrogens with zero attached hydrogens (tertiary/aromatic N) is 3. The van der Waals surface area contributed by atoms with Crippen LogP contribution < -0.4 is 5.69 Å². The average Bonchev–Trinajstić information content (AvgIpc) is 3.17. The second kappa shape index (κ2) is 8.21. The second-order valence-electron chi connectivity index (χ2n) is 7.28. The molecule has 0 bridgehead atoms. The maximum Gasteiger partial charge on any atom is 0.345 e. The number of rotatable bonds is 4. The van der Waals surface area contributed by atoms with Gasteiger partial charge in [0.05, 0.1) is 12.1 Å². The van der Waals surface area contributed by atoms with Gasteiger partial charge in [-0.15, -0.1) is 0 Å². The Labute approximate surface area is 172 Å². The van der Waals surface area contributed by atoms with E-state index in [0.29, 0.717) is 36.1 Å². The number of benzene rings is 1. The molecule has 1 aliphatic heterocycles. The van der Waals surface area contributed by atoms with Crippen molar-refractivity contribution in [2.45, 2.75) is 32.1 Å². The second-order valence-corrected chi connectivity index (χ2v) is 7.69. The number of aromatic nitrogens is 3. The van der Waals surface area contributed by atoms with E-state index in [9.17, 15) is 9.59 Å². The van der Waals surface area contributed by atoms with Gasteiger partial charge in [-0.1, -0.05) is 29.8 Å². The monoisotopic (exact) mass is 412 g/mol. The molecule has 4 rings (SSSR count). The van der Waals surface area contributed by atoms with Crippen LogP contribution in [0.5, 0.6) is 0 Å². The molecule has 29 heavy (non-hydrogen) atoms. The zero-order valence-corrected chi connectivity index (χ0v) is 16.8. The van der Waals surface area contributed by atoms with Crippen molar-refractivity contribution >= 4 is 17.5 Å². The van der Waals surface area contributed by atoms with Gasteiger partial charge in [-0.3, -0.25) is 4.79 Å². The number of halogens is 1. The highest BCUT2D eigenvalue weighted by Gasteiger charge is 2.29. The first kappa shape index (κ1) is 19.4. The van der Waals surface area contributed by atoms with Crippen LogP contribution in [0.1, 0.15) is 52.2 Å². The molecule has 2 aromatic heterocycles. The van der Waals surface area contributed by atoms with Gasteiger partial charge in [-0.2, -0.15) is 4.98 Å². The number of carbonyl (C=O) groups is 1. The van der Waals surface area contributed by atoms with E-state index in [4.69, 9.17) is 16.0 Å². The molecule has 150 valence electrons. The molecule has 7 nitrogen and oxygen atoms in total. The van der Waals surface area contributed by atoms with Crippen molar-refractivity contribution < 1.29 is 9.21 Å². The van der Waals surface area contributed by atoms with Crippen LogP contribution in [-0.4, -0.2) is 38.8 Å². The van der Waals surface area contributed by atoms with E-state index in [1.54, 1.807) is 24.1 Å². The highest BCUT2D eigenvalue weighted by molar-refractivity contribution is 6.31.